The first-order valence-electron chi connectivity index (χ1n) is 5.80. The number of hydrogen-bond donors (Lipinski definition) is 1. The minimum Gasteiger partial charge on any atom is -0.387 e. The van der Waals surface area contributed by atoms with Gasteiger partial charge in [-0.15, -0.1) is 0 Å². The van der Waals surface area contributed by atoms with Crippen LogP contribution in [-0.2, 0) is 6.54 Å². The lowest BCUT2D eigenvalue weighted by atomic mass is 10.1. The number of nitrogens with two attached hydrogens (primary N) is 1. The molecule has 16 heavy (non-hydrogen) atoms. The van der Waals surface area contributed by atoms with Gasteiger partial charge in [0.1, 0.15) is 0 Å². The minimum atomic E-state index is 0.534. The molecule has 0 amide bonds. The summed E-state index contributed by atoms with van der Waals surface area (Å²) in [6, 6.07) is 8.22. The summed E-state index contributed by atoms with van der Waals surface area (Å²) in [5, 5.41) is 0. The Labute approximate surface area is 105 Å². The average molecular weight is 281 g/mol. The van der Waals surface area contributed by atoms with Gasteiger partial charge >= 0.3 is 0 Å². The van der Waals surface area contributed by atoms with Gasteiger partial charge in [0.05, 0.1) is 12.4 Å². The van der Waals surface area contributed by atoms with Crippen LogP contribution < -0.4 is 5.73 Å². The molecule has 0 aromatic heterocycles. The number of hydrogen-bond acceptors (Lipinski definition) is 1. The van der Waals surface area contributed by atoms with Gasteiger partial charge in [-0.25, -0.2) is 0 Å². The van der Waals surface area contributed by atoms with Crippen LogP contribution in [0.25, 0.3) is 0 Å². The number of amidine groups is 1. The van der Waals surface area contributed by atoms with E-state index < -0.39 is 0 Å². The van der Waals surface area contributed by atoms with Gasteiger partial charge in [-0.2, -0.15) is 0 Å². The SMILES string of the molecule is NC(=NCc1cccc(Br)c1)C1CCCC1. The van der Waals surface area contributed by atoms with Crippen LogP contribution in [0.2, 0.25) is 0 Å². The van der Waals surface area contributed by atoms with E-state index in [1.807, 2.05) is 12.1 Å². The number of benzene rings is 1. The van der Waals surface area contributed by atoms with E-state index in [2.05, 4.69) is 33.1 Å². The first-order valence-corrected chi connectivity index (χ1v) is 6.59. The maximum Gasteiger partial charge on any atom is 0.0972 e. The summed E-state index contributed by atoms with van der Waals surface area (Å²) in [6.07, 6.45) is 5.04. The van der Waals surface area contributed by atoms with Crippen molar-refractivity contribution in [2.45, 2.75) is 32.2 Å². The predicted octanol–water partition coefficient (Wildman–Crippen LogP) is 3.50. The molecule has 1 fully saturated rings. The predicted molar refractivity (Wildman–Crippen MR) is 71.4 cm³/mol. The van der Waals surface area contributed by atoms with E-state index >= 15 is 0 Å². The van der Waals surface area contributed by atoms with Crippen LogP contribution in [0.4, 0.5) is 0 Å². The van der Waals surface area contributed by atoms with E-state index in [4.69, 9.17) is 5.73 Å². The molecule has 0 atom stereocenters. The highest BCUT2D eigenvalue weighted by molar-refractivity contribution is 9.10. The Morgan fingerprint density at radius 3 is 2.81 bits per heavy atom. The summed E-state index contributed by atoms with van der Waals surface area (Å²) >= 11 is 3.46. The normalized spacial score (nSPS) is 17.9. The van der Waals surface area contributed by atoms with Crippen LogP contribution in [0.15, 0.2) is 33.7 Å². The Balaban J connectivity index is 1.97. The molecular weight excluding hydrogens is 264 g/mol. The number of halogens is 1. The van der Waals surface area contributed by atoms with Gasteiger partial charge in [-0.1, -0.05) is 40.9 Å². The van der Waals surface area contributed by atoms with Gasteiger partial charge in [0.25, 0.3) is 0 Å². The fourth-order valence-electron chi connectivity index (χ4n) is 2.17. The lowest BCUT2D eigenvalue weighted by Gasteiger charge is -2.08. The number of rotatable bonds is 3. The molecule has 1 aliphatic carbocycles. The van der Waals surface area contributed by atoms with Gasteiger partial charge in [-0.3, -0.25) is 4.99 Å². The molecule has 2 rings (SSSR count). The van der Waals surface area contributed by atoms with Crippen molar-refractivity contribution >= 4 is 21.8 Å². The smallest absolute Gasteiger partial charge is 0.0972 e. The maximum absolute atomic E-state index is 6.00. The zero-order valence-electron chi connectivity index (χ0n) is 9.32. The summed E-state index contributed by atoms with van der Waals surface area (Å²) in [4.78, 5) is 4.49. The molecule has 0 unspecified atom stereocenters. The third-order valence-electron chi connectivity index (χ3n) is 3.11. The molecule has 2 nitrogen and oxygen atoms in total. The summed E-state index contributed by atoms with van der Waals surface area (Å²) in [5.74, 6) is 1.38. The van der Waals surface area contributed by atoms with Gasteiger partial charge in [0.2, 0.25) is 0 Å². The highest BCUT2D eigenvalue weighted by Gasteiger charge is 2.18. The fraction of sp³-hybridized carbons (Fsp3) is 0.462. The fourth-order valence-corrected chi connectivity index (χ4v) is 2.62. The molecule has 0 heterocycles. The maximum atomic E-state index is 6.00. The van der Waals surface area contributed by atoms with Crippen LogP contribution in [0.5, 0.6) is 0 Å². The van der Waals surface area contributed by atoms with Crippen molar-refractivity contribution in [3.05, 3.63) is 34.3 Å². The molecule has 86 valence electrons. The Kier molecular flexibility index (Phi) is 3.99. The average Bonchev–Trinajstić information content (AvgIpc) is 2.79. The summed E-state index contributed by atoms with van der Waals surface area (Å²) in [7, 11) is 0. The van der Waals surface area contributed by atoms with Crippen molar-refractivity contribution in [2.75, 3.05) is 0 Å². The first kappa shape index (κ1) is 11.6. The van der Waals surface area contributed by atoms with Gasteiger partial charge < -0.3 is 5.73 Å². The van der Waals surface area contributed by atoms with Crippen LogP contribution >= 0.6 is 15.9 Å². The van der Waals surface area contributed by atoms with Gasteiger partial charge in [0.15, 0.2) is 0 Å². The Morgan fingerprint density at radius 2 is 2.12 bits per heavy atom. The van der Waals surface area contributed by atoms with Gasteiger partial charge in [0, 0.05) is 10.4 Å². The van der Waals surface area contributed by atoms with Crippen LogP contribution in [0, 0.1) is 5.92 Å². The highest BCUT2D eigenvalue weighted by atomic mass is 79.9. The Hall–Kier alpha value is -0.830. The van der Waals surface area contributed by atoms with Crippen molar-refractivity contribution in [1.29, 1.82) is 0 Å². The highest BCUT2D eigenvalue weighted by Crippen LogP contribution is 2.24. The van der Waals surface area contributed by atoms with E-state index in [1.54, 1.807) is 0 Å². The zero-order chi connectivity index (χ0) is 11.4. The lowest BCUT2D eigenvalue weighted by Crippen LogP contribution is -2.21. The largest absolute Gasteiger partial charge is 0.387 e. The first-order chi connectivity index (χ1) is 7.75. The molecule has 0 bridgehead atoms. The molecule has 3 heteroatoms. The van der Waals surface area contributed by atoms with Crippen LogP contribution in [0.1, 0.15) is 31.2 Å². The molecule has 0 aliphatic heterocycles. The molecule has 1 aromatic carbocycles. The van der Waals surface area contributed by atoms with E-state index in [0.717, 1.165) is 10.3 Å². The summed E-state index contributed by atoms with van der Waals surface area (Å²) in [5.41, 5.74) is 7.21. The van der Waals surface area contributed by atoms with Crippen molar-refractivity contribution < 1.29 is 0 Å². The monoisotopic (exact) mass is 280 g/mol. The molecular formula is C13H17BrN2. The Morgan fingerprint density at radius 1 is 1.38 bits per heavy atom. The Bertz CT molecular complexity index is 381. The van der Waals surface area contributed by atoms with E-state index in [1.165, 1.54) is 31.2 Å². The van der Waals surface area contributed by atoms with E-state index in [-0.39, 0.29) is 0 Å². The van der Waals surface area contributed by atoms with E-state index in [9.17, 15) is 0 Å². The zero-order valence-corrected chi connectivity index (χ0v) is 10.9. The van der Waals surface area contributed by atoms with E-state index in [0.29, 0.717) is 12.5 Å². The third-order valence-corrected chi connectivity index (χ3v) is 3.60. The second-order valence-electron chi connectivity index (χ2n) is 4.35. The van der Waals surface area contributed by atoms with Crippen LogP contribution in [-0.4, -0.2) is 5.84 Å². The van der Waals surface area contributed by atoms with Crippen molar-refractivity contribution in [1.82, 2.24) is 0 Å². The lowest BCUT2D eigenvalue weighted by molar-refractivity contribution is 0.715. The van der Waals surface area contributed by atoms with Crippen molar-refractivity contribution in [3.8, 4) is 0 Å². The molecule has 0 saturated heterocycles. The quantitative estimate of drug-likeness (QED) is 0.668. The molecule has 1 saturated carbocycles. The second kappa shape index (κ2) is 5.48. The van der Waals surface area contributed by atoms with Crippen molar-refractivity contribution in [3.63, 3.8) is 0 Å². The minimum absolute atomic E-state index is 0.534. The molecule has 1 aliphatic rings. The number of aliphatic imine (C=N–C) groups is 1. The molecule has 0 spiro atoms. The van der Waals surface area contributed by atoms with Crippen LogP contribution in [0.3, 0.4) is 0 Å². The van der Waals surface area contributed by atoms with Crippen molar-refractivity contribution in [2.24, 2.45) is 16.6 Å². The number of nitrogens with zero attached hydrogens (tertiary/aromatic N) is 1. The second-order valence-corrected chi connectivity index (χ2v) is 5.27. The molecule has 1 aromatic rings. The topological polar surface area (TPSA) is 38.4 Å². The molecule has 0 radical (unpaired) electrons. The molecule has 2 N–H and O–H groups in total. The third kappa shape index (κ3) is 3.08. The van der Waals surface area contributed by atoms with Gasteiger partial charge in [-0.05, 0) is 30.5 Å². The summed E-state index contributed by atoms with van der Waals surface area (Å²) < 4.78 is 1.10. The summed E-state index contributed by atoms with van der Waals surface area (Å²) in [6.45, 7) is 0.696. The standard InChI is InChI=1S/C13H17BrN2/c14-12-7-3-4-10(8-12)9-16-13(15)11-5-1-2-6-11/h3-4,7-8,11H,1-2,5-6,9H2,(H2,15,16).